The summed E-state index contributed by atoms with van der Waals surface area (Å²) < 4.78 is 7.10. The van der Waals surface area contributed by atoms with Gasteiger partial charge in [-0.3, -0.25) is 19.3 Å². The number of halogens is 1. The van der Waals surface area contributed by atoms with Crippen LogP contribution in [0.3, 0.4) is 0 Å². The molecule has 4 aromatic rings. The number of aromatic amines is 1. The van der Waals surface area contributed by atoms with E-state index in [1.165, 1.54) is 12.8 Å². The number of carbonyl (C=O) groups is 1. The van der Waals surface area contributed by atoms with Crippen molar-refractivity contribution in [1.82, 2.24) is 34.6 Å². The predicted molar refractivity (Wildman–Crippen MR) is 157 cm³/mol. The predicted octanol–water partition coefficient (Wildman–Crippen LogP) is 4.76. The molecule has 2 atom stereocenters. The number of hydrogen-bond acceptors (Lipinski definition) is 8. The fourth-order valence-electron chi connectivity index (χ4n) is 6.46. The van der Waals surface area contributed by atoms with Gasteiger partial charge in [-0.25, -0.2) is 14.8 Å². The lowest BCUT2D eigenvalue weighted by molar-refractivity contribution is -0.130. The molecule has 1 N–H and O–H groups in total. The van der Waals surface area contributed by atoms with Crippen molar-refractivity contribution < 1.29 is 9.32 Å². The van der Waals surface area contributed by atoms with Gasteiger partial charge in [0.2, 0.25) is 17.7 Å². The van der Waals surface area contributed by atoms with Crippen molar-refractivity contribution in [3.05, 3.63) is 40.1 Å². The molecule has 11 nitrogen and oxygen atoms in total. The highest BCUT2D eigenvalue weighted by atomic mass is 35.5. The van der Waals surface area contributed by atoms with Crippen LogP contribution in [0.15, 0.2) is 33.8 Å². The highest BCUT2D eigenvalue weighted by Gasteiger charge is 2.35. The number of amides is 1. The topological polar surface area (TPSA) is 126 Å². The molecule has 0 spiro atoms. The Morgan fingerprint density at radius 3 is 2.44 bits per heavy atom. The van der Waals surface area contributed by atoms with Gasteiger partial charge in [0.1, 0.15) is 5.69 Å². The highest BCUT2D eigenvalue weighted by Crippen LogP contribution is 2.38. The summed E-state index contributed by atoms with van der Waals surface area (Å²) in [5.41, 5.74) is 3.43. The van der Waals surface area contributed by atoms with Crippen LogP contribution in [0.1, 0.15) is 53.4 Å². The zero-order valence-corrected chi connectivity index (χ0v) is 24.6. The van der Waals surface area contributed by atoms with Crippen LogP contribution in [0, 0.1) is 11.8 Å². The summed E-state index contributed by atoms with van der Waals surface area (Å²) in [6.45, 7) is 10.3. The number of carbonyl (C=O) groups excluding carboxylic acids is 1. The maximum atomic E-state index is 12.3. The molecule has 1 saturated heterocycles. The first-order chi connectivity index (χ1) is 19.7. The van der Waals surface area contributed by atoms with Crippen molar-refractivity contribution in [1.29, 1.82) is 0 Å². The molecule has 1 saturated carbocycles. The van der Waals surface area contributed by atoms with Crippen LogP contribution < -0.4 is 10.7 Å². The number of pyridine rings is 2. The maximum Gasteiger partial charge on any atom is 0.439 e. The number of aromatic nitrogens is 6. The number of nitrogens with zero attached hydrogens (tertiary/aromatic N) is 7. The van der Waals surface area contributed by atoms with Gasteiger partial charge in [-0.2, -0.15) is 0 Å². The van der Waals surface area contributed by atoms with Crippen molar-refractivity contribution in [3.63, 3.8) is 0 Å². The molecule has 12 heteroatoms. The largest absolute Gasteiger partial charge is 0.439 e. The molecule has 4 aromatic heterocycles. The Kier molecular flexibility index (Phi) is 7.31. The molecule has 0 bridgehead atoms. The summed E-state index contributed by atoms with van der Waals surface area (Å²) in [7, 11) is 0. The fourth-order valence-corrected chi connectivity index (χ4v) is 6.64. The average Bonchev–Trinajstić information content (AvgIpc) is 3.52. The van der Waals surface area contributed by atoms with Crippen LogP contribution in [-0.2, 0) is 11.3 Å². The SMILES string of the molecule is CC(=O)N1C[C@@H](C)N(c2nc3cc(-c4noc(=O)[nH]4)nc(-c4cncc(Cl)c4)c3n2C[C@H]2CC[C@H](C)CC2)[C@H](C)C1. The molecule has 216 valence electrons. The lowest BCUT2D eigenvalue weighted by Crippen LogP contribution is -2.58. The molecular weight excluding hydrogens is 544 g/mol. The Bertz CT molecular complexity index is 1620. The van der Waals surface area contributed by atoms with Crippen LogP contribution in [0.4, 0.5) is 5.95 Å². The maximum absolute atomic E-state index is 12.3. The molecule has 0 aromatic carbocycles. The van der Waals surface area contributed by atoms with E-state index in [9.17, 15) is 9.59 Å². The number of piperazine rings is 1. The molecule has 1 aliphatic heterocycles. The minimum atomic E-state index is -0.656. The summed E-state index contributed by atoms with van der Waals surface area (Å²) in [6, 6.07) is 3.79. The van der Waals surface area contributed by atoms with Crippen LogP contribution in [0.5, 0.6) is 0 Å². The normalized spacial score (nSPS) is 23.3. The third kappa shape index (κ3) is 5.35. The summed E-state index contributed by atoms with van der Waals surface area (Å²) >= 11 is 6.39. The highest BCUT2D eigenvalue weighted by molar-refractivity contribution is 6.30. The van der Waals surface area contributed by atoms with Crippen LogP contribution in [-0.4, -0.2) is 65.6 Å². The van der Waals surface area contributed by atoms with Gasteiger partial charge in [-0.1, -0.05) is 36.5 Å². The zero-order chi connectivity index (χ0) is 28.8. The summed E-state index contributed by atoms with van der Waals surface area (Å²) in [5.74, 6) is 1.75. The molecule has 1 amide bonds. The second-order valence-corrected chi connectivity index (χ2v) is 12.2. The number of hydrogen-bond donors (Lipinski definition) is 1. The van der Waals surface area contributed by atoms with E-state index in [1.54, 1.807) is 19.3 Å². The van der Waals surface area contributed by atoms with E-state index in [2.05, 4.69) is 45.4 Å². The van der Waals surface area contributed by atoms with Gasteiger partial charge < -0.3 is 14.4 Å². The summed E-state index contributed by atoms with van der Waals surface area (Å²) in [5, 5.41) is 4.38. The number of anilines is 1. The zero-order valence-electron chi connectivity index (χ0n) is 23.8. The molecule has 5 heterocycles. The van der Waals surface area contributed by atoms with Gasteiger partial charge in [0.15, 0.2) is 0 Å². The van der Waals surface area contributed by atoms with Crippen LogP contribution in [0.25, 0.3) is 33.8 Å². The lowest BCUT2D eigenvalue weighted by Gasteiger charge is -2.45. The van der Waals surface area contributed by atoms with E-state index in [0.717, 1.165) is 47.8 Å². The van der Waals surface area contributed by atoms with Gasteiger partial charge in [0.05, 0.1) is 21.7 Å². The molecule has 1 aliphatic carbocycles. The smallest absolute Gasteiger partial charge is 0.339 e. The van der Waals surface area contributed by atoms with Gasteiger partial charge in [-0.05, 0) is 50.7 Å². The number of nitrogens with one attached hydrogen (secondary N) is 1. The molecule has 2 fully saturated rings. The third-order valence-electron chi connectivity index (χ3n) is 8.54. The van der Waals surface area contributed by atoms with Crippen molar-refractivity contribution in [2.75, 3.05) is 18.0 Å². The van der Waals surface area contributed by atoms with Crippen molar-refractivity contribution in [2.24, 2.45) is 11.8 Å². The Morgan fingerprint density at radius 2 is 1.80 bits per heavy atom. The molecule has 2 aliphatic rings. The van der Waals surface area contributed by atoms with Gasteiger partial charge in [-0.15, -0.1) is 0 Å². The Hall–Kier alpha value is -3.73. The lowest BCUT2D eigenvalue weighted by atomic mass is 9.83. The number of rotatable bonds is 5. The first-order valence-corrected chi connectivity index (χ1v) is 14.7. The summed E-state index contributed by atoms with van der Waals surface area (Å²) in [4.78, 5) is 45.4. The first-order valence-electron chi connectivity index (χ1n) is 14.3. The van der Waals surface area contributed by atoms with E-state index in [4.69, 9.17) is 26.1 Å². The molecule has 6 rings (SSSR count). The second kappa shape index (κ2) is 10.9. The Morgan fingerprint density at radius 1 is 1.07 bits per heavy atom. The van der Waals surface area contributed by atoms with Gasteiger partial charge in [0.25, 0.3) is 0 Å². The van der Waals surface area contributed by atoms with E-state index in [0.29, 0.717) is 35.4 Å². The van der Waals surface area contributed by atoms with E-state index >= 15 is 0 Å². The Balaban J connectivity index is 1.57. The Labute approximate surface area is 242 Å². The third-order valence-corrected chi connectivity index (χ3v) is 8.74. The molecule has 0 radical (unpaired) electrons. The van der Waals surface area contributed by atoms with Gasteiger partial charge >= 0.3 is 5.76 Å². The average molecular weight is 579 g/mol. The second-order valence-electron chi connectivity index (χ2n) is 11.7. The van der Waals surface area contributed by atoms with E-state index in [-0.39, 0.29) is 23.8 Å². The fraction of sp³-hybridized carbons (Fsp3) is 0.517. The first kappa shape index (κ1) is 27.4. The molecule has 0 unspecified atom stereocenters. The monoisotopic (exact) mass is 578 g/mol. The number of imidazole rings is 1. The van der Waals surface area contributed by atoms with E-state index in [1.807, 2.05) is 17.0 Å². The number of H-pyrrole nitrogens is 1. The molecule has 41 heavy (non-hydrogen) atoms. The quantitative estimate of drug-likeness (QED) is 0.359. The van der Waals surface area contributed by atoms with Crippen molar-refractivity contribution >= 4 is 34.5 Å². The minimum Gasteiger partial charge on any atom is -0.339 e. The number of fused-ring (bicyclic) bond motifs is 1. The summed E-state index contributed by atoms with van der Waals surface area (Å²) in [6.07, 6.45) is 8.06. The van der Waals surface area contributed by atoms with Crippen LogP contribution in [0.2, 0.25) is 5.02 Å². The van der Waals surface area contributed by atoms with Gasteiger partial charge in [0, 0.05) is 56.6 Å². The standard InChI is InChI=1S/C29H35ClN8O3/c1-16-5-7-20(8-6-16)15-37-26-23(33-28(37)38-17(2)13-36(19(4)39)14-18(38)3)10-24(27-34-29(40)41-35-27)32-25(26)21-9-22(30)12-31-11-21/h9-12,16-18,20H,5-8,13-15H2,1-4H3,(H,34,35,40)/t16-,17-,18-,20-/m1/s1. The van der Waals surface area contributed by atoms with Crippen molar-refractivity contribution in [3.8, 4) is 22.8 Å². The molecular formula is C29H35ClN8O3. The van der Waals surface area contributed by atoms with Crippen molar-refractivity contribution in [2.45, 2.75) is 72.0 Å². The minimum absolute atomic E-state index is 0.0557. The van der Waals surface area contributed by atoms with E-state index < -0.39 is 5.76 Å². The van der Waals surface area contributed by atoms with Crippen LogP contribution >= 0.6 is 11.6 Å².